The fourth-order valence-corrected chi connectivity index (χ4v) is 2.41. The summed E-state index contributed by atoms with van der Waals surface area (Å²) in [4.78, 5) is 12.2. The molecule has 0 saturated heterocycles. The molecular formula is C18H19N5O2. The molecule has 3 aromatic rings. The topological polar surface area (TPSA) is 81.9 Å². The molecule has 0 bridgehead atoms. The van der Waals surface area contributed by atoms with Crippen LogP contribution >= 0.6 is 0 Å². The van der Waals surface area contributed by atoms with Crippen LogP contribution in [0.15, 0.2) is 54.9 Å². The highest BCUT2D eigenvalue weighted by atomic mass is 16.5. The predicted molar refractivity (Wildman–Crippen MR) is 93.7 cm³/mol. The largest absolute Gasteiger partial charge is 0.494 e. The van der Waals surface area contributed by atoms with Crippen LogP contribution in [0.3, 0.4) is 0 Å². The summed E-state index contributed by atoms with van der Waals surface area (Å²) in [5.74, 6) is 0.804. The molecule has 0 aliphatic rings. The standard InChI is InChI=1S/C18H19N5O2/c1-2-25-17-9-6-14(7-10-17)8-11-18(24)20-15-4-3-5-16(12-15)23-13-19-21-22-23/h3-7,9-10,12-13H,2,8,11H2,1H3,(H,20,24). The molecule has 0 saturated carbocycles. The van der Waals surface area contributed by atoms with Gasteiger partial charge in [0.1, 0.15) is 12.1 Å². The molecule has 0 aliphatic carbocycles. The Bertz CT molecular complexity index is 816. The van der Waals surface area contributed by atoms with E-state index in [4.69, 9.17) is 4.74 Å². The number of tetrazole rings is 1. The van der Waals surface area contributed by atoms with Crippen LogP contribution in [0.1, 0.15) is 18.9 Å². The third kappa shape index (κ3) is 4.63. The Hall–Kier alpha value is -3.22. The van der Waals surface area contributed by atoms with E-state index < -0.39 is 0 Å². The van der Waals surface area contributed by atoms with Crippen molar-refractivity contribution in [3.63, 3.8) is 0 Å². The number of aryl methyl sites for hydroxylation is 1. The minimum Gasteiger partial charge on any atom is -0.494 e. The lowest BCUT2D eigenvalue weighted by molar-refractivity contribution is -0.116. The second-order valence-corrected chi connectivity index (χ2v) is 5.43. The van der Waals surface area contributed by atoms with Gasteiger partial charge in [-0.25, -0.2) is 4.68 Å². The zero-order valence-electron chi connectivity index (χ0n) is 13.9. The number of hydrogen-bond acceptors (Lipinski definition) is 5. The van der Waals surface area contributed by atoms with Crippen molar-refractivity contribution in [2.75, 3.05) is 11.9 Å². The van der Waals surface area contributed by atoms with Crippen LogP contribution in [0.2, 0.25) is 0 Å². The molecule has 2 aromatic carbocycles. The molecule has 1 amide bonds. The van der Waals surface area contributed by atoms with Crippen LogP contribution in [0.5, 0.6) is 5.75 Å². The van der Waals surface area contributed by atoms with E-state index in [-0.39, 0.29) is 5.91 Å². The fraction of sp³-hybridized carbons (Fsp3) is 0.222. The van der Waals surface area contributed by atoms with Gasteiger partial charge in [-0.05, 0) is 59.7 Å². The minimum atomic E-state index is -0.0391. The molecule has 0 radical (unpaired) electrons. The number of ether oxygens (including phenoxy) is 1. The number of amides is 1. The van der Waals surface area contributed by atoms with Crippen LogP contribution < -0.4 is 10.1 Å². The molecule has 25 heavy (non-hydrogen) atoms. The normalized spacial score (nSPS) is 10.4. The lowest BCUT2D eigenvalue weighted by Gasteiger charge is -2.08. The van der Waals surface area contributed by atoms with Crippen molar-refractivity contribution in [3.8, 4) is 11.4 Å². The van der Waals surface area contributed by atoms with Gasteiger partial charge in [-0.1, -0.05) is 18.2 Å². The quantitative estimate of drug-likeness (QED) is 0.717. The van der Waals surface area contributed by atoms with Gasteiger partial charge in [0.25, 0.3) is 0 Å². The number of carbonyl (C=O) groups excluding carboxylic acids is 1. The Morgan fingerprint density at radius 2 is 2.04 bits per heavy atom. The van der Waals surface area contributed by atoms with Gasteiger partial charge in [-0.15, -0.1) is 5.10 Å². The fourth-order valence-electron chi connectivity index (χ4n) is 2.41. The van der Waals surface area contributed by atoms with Gasteiger partial charge >= 0.3 is 0 Å². The first-order chi connectivity index (χ1) is 12.2. The van der Waals surface area contributed by atoms with Crippen LogP contribution in [-0.4, -0.2) is 32.7 Å². The van der Waals surface area contributed by atoms with E-state index in [0.717, 1.165) is 17.0 Å². The maximum atomic E-state index is 12.2. The Morgan fingerprint density at radius 3 is 2.76 bits per heavy atom. The smallest absolute Gasteiger partial charge is 0.224 e. The summed E-state index contributed by atoms with van der Waals surface area (Å²) in [5.41, 5.74) is 2.60. The number of rotatable bonds is 7. The van der Waals surface area contributed by atoms with Crippen molar-refractivity contribution in [1.29, 1.82) is 0 Å². The molecule has 0 aliphatic heterocycles. The molecular weight excluding hydrogens is 318 g/mol. The van der Waals surface area contributed by atoms with Crippen LogP contribution in [-0.2, 0) is 11.2 Å². The van der Waals surface area contributed by atoms with E-state index in [1.54, 1.807) is 0 Å². The number of nitrogens with one attached hydrogen (secondary N) is 1. The van der Waals surface area contributed by atoms with E-state index in [1.807, 2.05) is 55.5 Å². The Balaban J connectivity index is 1.55. The highest BCUT2D eigenvalue weighted by Gasteiger charge is 2.05. The van der Waals surface area contributed by atoms with Crippen molar-refractivity contribution in [2.45, 2.75) is 19.8 Å². The summed E-state index contributed by atoms with van der Waals surface area (Å²) in [6.07, 6.45) is 2.58. The summed E-state index contributed by atoms with van der Waals surface area (Å²) in [5, 5.41) is 13.9. The van der Waals surface area contributed by atoms with E-state index in [2.05, 4.69) is 20.8 Å². The van der Waals surface area contributed by atoms with Gasteiger partial charge in [0.15, 0.2) is 0 Å². The Kier molecular flexibility index (Phi) is 5.36. The lowest BCUT2D eigenvalue weighted by Crippen LogP contribution is -2.12. The van der Waals surface area contributed by atoms with Gasteiger partial charge in [0.05, 0.1) is 12.3 Å². The molecule has 1 heterocycles. The molecule has 0 unspecified atom stereocenters. The SMILES string of the molecule is CCOc1ccc(CCC(=O)Nc2cccc(-n3cnnn3)c2)cc1. The molecule has 1 aromatic heterocycles. The second kappa shape index (κ2) is 8.05. The highest BCUT2D eigenvalue weighted by Crippen LogP contribution is 2.15. The summed E-state index contributed by atoms with van der Waals surface area (Å²) in [6.45, 7) is 2.60. The van der Waals surface area contributed by atoms with E-state index in [1.165, 1.54) is 11.0 Å². The van der Waals surface area contributed by atoms with Crippen molar-refractivity contribution in [1.82, 2.24) is 20.2 Å². The lowest BCUT2D eigenvalue weighted by atomic mass is 10.1. The van der Waals surface area contributed by atoms with Crippen LogP contribution in [0, 0.1) is 0 Å². The molecule has 7 nitrogen and oxygen atoms in total. The molecule has 128 valence electrons. The van der Waals surface area contributed by atoms with E-state index in [0.29, 0.717) is 25.1 Å². The average Bonchev–Trinajstić information content (AvgIpc) is 3.16. The molecule has 0 atom stereocenters. The second-order valence-electron chi connectivity index (χ2n) is 5.43. The number of benzene rings is 2. The highest BCUT2D eigenvalue weighted by molar-refractivity contribution is 5.91. The van der Waals surface area contributed by atoms with Gasteiger partial charge in [-0.2, -0.15) is 0 Å². The number of carbonyl (C=O) groups is 1. The Morgan fingerprint density at radius 1 is 1.20 bits per heavy atom. The van der Waals surface area contributed by atoms with Crippen molar-refractivity contribution in [3.05, 3.63) is 60.4 Å². The van der Waals surface area contributed by atoms with Gasteiger partial charge in [-0.3, -0.25) is 4.79 Å². The summed E-state index contributed by atoms with van der Waals surface area (Å²) >= 11 is 0. The van der Waals surface area contributed by atoms with Gasteiger partial charge in [0.2, 0.25) is 5.91 Å². The number of nitrogens with zero attached hydrogens (tertiary/aromatic N) is 4. The van der Waals surface area contributed by atoms with Crippen LogP contribution in [0.25, 0.3) is 5.69 Å². The number of hydrogen-bond donors (Lipinski definition) is 1. The van der Waals surface area contributed by atoms with E-state index >= 15 is 0 Å². The summed E-state index contributed by atoms with van der Waals surface area (Å²) in [6, 6.07) is 15.2. The van der Waals surface area contributed by atoms with E-state index in [9.17, 15) is 4.79 Å². The first-order valence-corrected chi connectivity index (χ1v) is 8.09. The molecule has 0 spiro atoms. The minimum absolute atomic E-state index is 0.0391. The maximum absolute atomic E-state index is 12.2. The molecule has 0 fully saturated rings. The van der Waals surface area contributed by atoms with Crippen LogP contribution in [0.4, 0.5) is 5.69 Å². The zero-order valence-corrected chi connectivity index (χ0v) is 13.9. The third-order valence-corrected chi connectivity index (χ3v) is 3.62. The predicted octanol–water partition coefficient (Wildman–Crippen LogP) is 2.63. The van der Waals surface area contributed by atoms with Crippen molar-refractivity contribution in [2.24, 2.45) is 0 Å². The van der Waals surface area contributed by atoms with Crippen molar-refractivity contribution < 1.29 is 9.53 Å². The Labute approximate surface area is 145 Å². The van der Waals surface area contributed by atoms with Gasteiger partial charge < -0.3 is 10.1 Å². The monoisotopic (exact) mass is 337 g/mol. The maximum Gasteiger partial charge on any atom is 0.224 e. The van der Waals surface area contributed by atoms with Crippen molar-refractivity contribution >= 4 is 11.6 Å². The third-order valence-electron chi connectivity index (χ3n) is 3.62. The zero-order chi connectivity index (χ0) is 17.5. The molecule has 7 heteroatoms. The first kappa shape index (κ1) is 16.6. The molecule has 1 N–H and O–H groups in total. The molecule has 3 rings (SSSR count). The summed E-state index contributed by atoms with van der Waals surface area (Å²) < 4.78 is 6.95. The average molecular weight is 337 g/mol. The van der Waals surface area contributed by atoms with Gasteiger partial charge in [0, 0.05) is 12.1 Å². The summed E-state index contributed by atoms with van der Waals surface area (Å²) in [7, 11) is 0. The number of aromatic nitrogens is 4. The number of anilines is 1. The first-order valence-electron chi connectivity index (χ1n) is 8.09.